The van der Waals surface area contributed by atoms with E-state index in [4.69, 9.17) is 9.90 Å². The zero-order chi connectivity index (χ0) is 25.3. The number of aromatic nitrogens is 2. The summed E-state index contributed by atoms with van der Waals surface area (Å²) >= 11 is 0. The highest BCUT2D eigenvalue weighted by Crippen LogP contribution is 2.58. The van der Waals surface area contributed by atoms with E-state index in [-0.39, 0.29) is 17.4 Å². The van der Waals surface area contributed by atoms with Gasteiger partial charge in [0.15, 0.2) is 0 Å². The molecule has 0 saturated carbocycles. The number of carbonyl (C=O) groups excluding carboxylic acids is 2. The number of alkyl halides is 3. The van der Waals surface area contributed by atoms with Crippen molar-refractivity contribution >= 4 is 23.9 Å². The lowest BCUT2D eigenvalue weighted by Crippen LogP contribution is -2.54. The zero-order valence-electron chi connectivity index (χ0n) is 19.4. The van der Waals surface area contributed by atoms with E-state index >= 15 is 0 Å². The number of carboxylic acid groups (broad SMARTS) is 1. The van der Waals surface area contributed by atoms with Gasteiger partial charge in [-0.15, -0.1) is 0 Å². The first-order valence-corrected chi connectivity index (χ1v) is 10.9. The van der Waals surface area contributed by atoms with Crippen LogP contribution < -0.4 is 4.90 Å². The first-order valence-electron chi connectivity index (χ1n) is 10.9. The molecular weight excluding hydrogens is 457 g/mol. The summed E-state index contributed by atoms with van der Waals surface area (Å²) in [5.41, 5.74) is -0.522. The average molecular weight is 486 g/mol. The Balaban J connectivity index is 0.000000406. The van der Waals surface area contributed by atoms with Crippen molar-refractivity contribution in [2.24, 2.45) is 10.8 Å². The maximum absolute atomic E-state index is 13.3. The number of carbonyl (C=O) groups is 3. The Hall–Kier alpha value is -3.12. The molecule has 1 aromatic heterocycles. The van der Waals surface area contributed by atoms with E-state index in [0.717, 1.165) is 32.4 Å². The van der Waals surface area contributed by atoms with Crippen LogP contribution in [0.1, 0.15) is 19.3 Å². The fraction of sp³-hybridized carbons (Fsp3) is 0.667. The van der Waals surface area contributed by atoms with Gasteiger partial charge in [-0.1, -0.05) is 0 Å². The summed E-state index contributed by atoms with van der Waals surface area (Å²) in [6.45, 7) is 3.63. The Morgan fingerprint density at radius 2 is 1.62 bits per heavy atom. The molecule has 10 nitrogen and oxygen atoms in total. The minimum Gasteiger partial charge on any atom is -0.475 e. The number of piperidine rings is 1. The van der Waals surface area contributed by atoms with E-state index in [1.807, 2.05) is 22.9 Å². The smallest absolute Gasteiger partial charge is 0.475 e. The minimum atomic E-state index is -5.08. The Kier molecular flexibility index (Phi) is 6.94. The van der Waals surface area contributed by atoms with E-state index in [9.17, 15) is 22.8 Å². The lowest BCUT2D eigenvalue weighted by Gasteiger charge is -2.46. The van der Waals surface area contributed by atoms with E-state index in [2.05, 4.69) is 14.9 Å². The van der Waals surface area contributed by atoms with Gasteiger partial charge < -0.3 is 24.7 Å². The summed E-state index contributed by atoms with van der Waals surface area (Å²) in [6.07, 6.45) is 0.972. The molecule has 0 bridgehead atoms. The third-order valence-corrected chi connectivity index (χ3v) is 7.05. The van der Waals surface area contributed by atoms with Crippen LogP contribution in [-0.2, 0) is 9.59 Å². The maximum Gasteiger partial charge on any atom is 0.490 e. The molecule has 13 heteroatoms. The number of rotatable bonds is 1. The molecule has 3 amide bonds. The predicted molar refractivity (Wildman–Crippen MR) is 115 cm³/mol. The number of fused-ring (bicyclic) bond motifs is 1. The van der Waals surface area contributed by atoms with E-state index in [1.54, 1.807) is 31.4 Å². The molecule has 4 rings (SSSR count). The summed E-state index contributed by atoms with van der Waals surface area (Å²) in [7, 11) is 5.47. The number of likely N-dealkylation sites (tertiary alicyclic amines) is 2. The summed E-state index contributed by atoms with van der Waals surface area (Å²) in [4.78, 5) is 51.0. The van der Waals surface area contributed by atoms with Crippen molar-refractivity contribution in [3.8, 4) is 0 Å². The monoisotopic (exact) mass is 486 g/mol. The number of nitrogens with zero attached hydrogens (tertiary/aromatic N) is 6. The number of carboxylic acids is 1. The third-order valence-electron chi connectivity index (χ3n) is 7.05. The van der Waals surface area contributed by atoms with Gasteiger partial charge >= 0.3 is 18.2 Å². The van der Waals surface area contributed by atoms with Crippen LogP contribution in [0.3, 0.4) is 0 Å². The van der Waals surface area contributed by atoms with Gasteiger partial charge in [0.1, 0.15) is 0 Å². The predicted octanol–water partition coefficient (Wildman–Crippen LogP) is 1.54. The summed E-state index contributed by atoms with van der Waals surface area (Å²) in [5.74, 6) is -1.82. The van der Waals surface area contributed by atoms with Crippen LogP contribution in [0.4, 0.5) is 23.9 Å². The molecule has 1 atom stereocenters. The summed E-state index contributed by atoms with van der Waals surface area (Å²) in [5, 5.41) is 7.12. The van der Waals surface area contributed by atoms with Crippen LogP contribution in [0.25, 0.3) is 0 Å². The van der Waals surface area contributed by atoms with Crippen molar-refractivity contribution in [2.45, 2.75) is 25.4 Å². The molecule has 34 heavy (non-hydrogen) atoms. The molecule has 0 radical (unpaired) electrons. The number of urea groups is 1. The zero-order valence-corrected chi connectivity index (χ0v) is 19.4. The number of amides is 3. The van der Waals surface area contributed by atoms with Gasteiger partial charge in [0.05, 0.1) is 5.41 Å². The topological polar surface area (TPSA) is 110 Å². The summed E-state index contributed by atoms with van der Waals surface area (Å²) in [6, 6.07) is 1.86. The number of hydrogen-bond donors (Lipinski definition) is 1. The molecule has 4 heterocycles. The average Bonchev–Trinajstić information content (AvgIpc) is 3.27. The van der Waals surface area contributed by atoms with Crippen molar-refractivity contribution in [3.05, 3.63) is 18.5 Å². The van der Waals surface area contributed by atoms with E-state index < -0.39 is 17.6 Å². The second-order valence-corrected chi connectivity index (χ2v) is 9.21. The van der Waals surface area contributed by atoms with Crippen molar-refractivity contribution < 1.29 is 32.7 Å². The lowest BCUT2D eigenvalue weighted by molar-refractivity contribution is -0.192. The normalized spacial score (nSPS) is 23.8. The molecular formula is C21H29F3N6O4. The molecule has 2 spiro atoms. The first-order chi connectivity index (χ1) is 15.8. The van der Waals surface area contributed by atoms with Gasteiger partial charge in [0.2, 0.25) is 11.9 Å². The van der Waals surface area contributed by atoms with Gasteiger partial charge in [-0.05, 0) is 25.3 Å². The maximum atomic E-state index is 13.3. The standard InChI is InChI=1S/C19H28N6O2.C2HF3O2/c1-22(2)17(27)24-11-5-18(6-12-24)13-25(16-20-8-4-9-21-16)14-19(18)7-10-23(3)15(19)26;3-2(4,5)1(6)7/h4,8-9H,5-7,10-14H2,1-3H3;(H,6,7). The van der Waals surface area contributed by atoms with Crippen LogP contribution in [0.5, 0.6) is 0 Å². The van der Waals surface area contributed by atoms with Gasteiger partial charge in [0.25, 0.3) is 0 Å². The molecule has 3 aliphatic heterocycles. The molecule has 1 aromatic rings. The number of aliphatic carboxylic acids is 1. The Morgan fingerprint density at radius 1 is 1.06 bits per heavy atom. The van der Waals surface area contributed by atoms with Crippen LogP contribution in [0.2, 0.25) is 0 Å². The van der Waals surface area contributed by atoms with E-state index in [1.165, 1.54) is 0 Å². The fourth-order valence-electron chi connectivity index (χ4n) is 5.28. The molecule has 3 aliphatic rings. The number of anilines is 1. The lowest BCUT2D eigenvalue weighted by atomic mass is 9.60. The second kappa shape index (κ2) is 9.26. The fourth-order valence-corrected chi connectivity index (χ4v) is 5.28. The number of hydrogen-bond acceptors (Lipinski definition) is 6. The largest absolute Gasteiger partial charge is 0.490 e. The van der Waals surface area contributed by atoms with Crippen LogP contribution in [0, 0.1) is 10.8 Å². The SMILES string of the molecule is CN(C)C(=O)N1CCC2(CC1)CN(c1ncccn1)CC21CCN(C)C1=O.O=C(O)C(F)(F)F. The van der Waals surface area contributed by atoms with Gasteiger partial charge in [0, 0.05) is 71.7 Å². The molecule has 3 fully saturated rings. The van der Waals surface area contributed by atoms with Gasteiger partial charge in [-0.2, -0.15) is 13.2 Å². The third kappa shape index (κ3) is 4.60. The molecule has 3 saturated heterocycles. The summed E-state index contributed by atoms with van der Waals surface area (Å²) < 4.78 is 31.7. The Morgan fingerprint density at radius 3 is 2.06 bits per heavy atom. The minimum absolute atomic E-state index is 0.0509. The molecule has 0 aromatic carbocycles. The Bertz CT molecular complexity index is 921. The number of halogens is 3. The van der Waals surface area contributed by atoms with Crippen molar-refractivity contribution in [2.75, 3.05) is 58.8 Å². The second-order valence-electron chi connectivity index (χ2n) is 9.21. The van der Waals surface area contributed by atoms with Gasteiger partial charge in [-0.3, -0.25) is 4.79 Å². The van der Waals surface area contributed by atoms with Crippen molar-refractivity contribution in [1.82, 2.24) is 24.7 Å². The molecule has 1 N–H and O–H groups in total. The van der Waals surface area contributed by atoms with Crippen molar-refractivity contribution in [3.63, 3.8) is 0 Å². The Labute approximate surface area is 195 Å². The highest BCUT2D eigenvalue weighted by Gasteiger charge is 2.65. The first kappa shape index (κ1) is 25.5. The molecule has 1 unspecified atom stereocenters. The van der Waals surface area contributed by atoms with E-state index in [0.29, 0.717) is 25.6 Å². The van der Waals surface area contributed by atoms with Crippen molar-refractivity contribution in [1.29, 1.82) is 0 Å². The molecule has 188 valence electrons. The van der Waals surface area contributed by atoms with Crippen LogP contribution in [0.15, 0.2) is 18.5 Å². The van der Waals surface area contributed by atoms with Crippen LogP contribution >= 0.6 is 0 Å². The molecule has 0 aliphatic carbocycles. The van der Waals surface area contributed by atoms with Crippen LogP contribution in [-0.4, -0.2) is 108 Å². The quantitative estimate of drug-likeness (QED) is 0.641. The van der Waals surface area contributed by atoms with Gasteiger partial charge in [-0.25, -0.2) is 19.6 Å². The highest BCUT2D eigenvalue weighted by molar-refractivity contribution is 5.87. The highest BCUT2D eigenvalue weighted by atomic mass is 19.4.